The molecule has 3 rings (SSSR count). The lowest BCUT2D eigenvalue weighted by Crippen LogP contribution is -2.26. The molecule has 1 amide bonds. The summed E-state index contributed by atoms with van der Waals surface area (Å²) < 4.78 is 10.7. The Balaban J connectivity index is 1.54. The average molecular weight is 325 g/mol. The summed E-state index contributed by atoms with van der Waals surface area (Å²) in [6, 6.07) is 12.1. The second-order valence-electron chi connectivity index (χ2n) is 6.32. The molecule has 0 bridgehead atoms. The molecule has 126 valence electrons. The van der Waals surface area contributed by atoms with Crippen molar-refractivity contribution in [3.63, 3.8) is 0 Å². The lowest BCUT2D eigenvalue weighted by Gasteiger charge is -2.16. The maximum atomic E-state index is 12.2. The molecule has 0 radical (unpaired) electrons. The van der Waals surface area contributed by atoms with Crippen molar-refractivity contribution in [1.29, 1.82) is 0 Å². The SMILES string of the molecule is Cc1ccc(C(C)NC(=O)CCc2ccc3c(c2)OCO3)cc1C. The van der Waals surface area contributed by atoms with Gasteiger partial charge in [0.15, 0.2) is 11.5 Å². The molecule has 0 saturated heterocycles. The van der Waals surface area contributed by atoms with Crippen LogP contribution < -0.4 is 14.8 Å². The van der Waals surface area contributed by atoms with Gasteiger partial charge in [-0.05, 0) is 61.6 Å². The summed E-state index contributed by atoms with van der Waals surface area (Å²) >= 11 is 0. The molecule has 0 spiro atoms. The van der Waals surface area contributed by atoms with Crippen LogP contribution >= 0.6 is 0 Å². The van der Waals surface area contributed by atoms with Crippen molar-refractivity contribution in [3.8, 4) is 11.5 Å². The van der Waals surface area contributed by atoms with Crippen molar-refractivity contribution in [1.82, 2.24) is 5.32 Å². The molecule has 4 nitrogen and oxygen atoms in total. The topological polar surface area (TPSA) is 47.6 Å². The van der Waals surface area contributed by atoms with E-state index in [9.17, 15) is 4.79 Å². The van der Waals surface area contributed by atoms with Gasteiger partial charge < -0.3 is 14.8 Å². The number of aryl methyl sites for hydroxylation is 3. The Morgan fingerprint density at radius 3 is 2.67 bits per heavy atom. The molecule has 2 aromatic carbocycles. The standard InChI is InChI=1S/C20H23NO3/c1-13-4-7-17(10-14(13)2)15(3)21-20(22)9-6-16-5-8-18-19(11-16)24-12-23-18/h4-5,7-8,10-11,15H,6,9,12H2,1-3H3,(H,21,22). The molecule has 1 aliphatic rings. The monoisotopic (exact) mass is 325 g/mol. The van der Waals surface area contributed by atoms with Crippen LogP contribution in [0.25, 0.3) is 0 Å². The van der Waals surface area contributed by atoms with Gasteiger partial charge in [-0.15, -0.1) is 0 Å². The summed E-state index contributed by atoms with van der Waals surface area (Å²) in [4.78, 5) is 12.2. The van der Waals surface area contributed by atoms with Gasteiger partial charge in [-0.1, -0.05) is 24.3 Å². The van der Waals surface area contributed by atoms with E-state index in [1.165, 1.54) is 11.1 Å². The number of hydrogen-bond donors (Lipinski definition) is 1. The van der Waals surface area contributed by atoms with E-state index in [0.29, 0.717) is 12.8 Å². The first-order valence-corrected chi connectivity index (χ1v) is 8.28. The van der Waals surface area contributed by atoms with Crippen LogP contribution in [-0.2, 0) is 11.2 Å². The van der Waals surface area contributed by atoms with Gasteiger partial charge in [0, 0.05) is 6.42 Å². The van der Waals surface area contributed by atoms with Gasteiger partial charge in [0.25, 0.3) is 0 Å². The van der Waals surface area contributed by atoms with E-state index in [4.69, 9.17) is 9.47 Å². The predicted molar refractivity (Wildman–Crippen MR) is 93.4 cm³/mol. The van der Waals surface area contributed by atoms with Gasteiger partial charge in [0.1, 0.15) is 0 Å². The molecule has 24 heavy (non-hydrogen) atoms. The second-order valence-corrected chi connectivity index (χ2v) is 6.32. The van der Waals surface area contributed by atoms with Gasteiger partial charge >= 0.3 is 0 Å². The Bertz CT molecular complexity index is 755. The zero-order chi connectivity index (χ0) is 17.1. The van der Waals surface area contributed by atoms with Crippen LogP contribution in [0.5, 0.6) is 11.5 Å². The minimum atomic E-state index is 0.00792. The Hall–Kier alpha value is -2.49. The third-order valence-corrected chi connectivity index (χ3v) is 4.49. The Morgan fingerprint density at radius 1 is 1.08 bits per heavy atom. The lowest BCUT2D eigenvalue weighted by molar-refractivity contribution is -0.121. The van der Waals surface area contributed by atoms with Crippen molar-refractivity contribution in [2.45, 2.75) is 39.7 Å². The van der Waals surface area contributed by atoms with Crippen LogP contribution in [0.15, 0.2) is 36.4 Å². The molecule has 0 fully saturated rings. The number of ether oxygens (including phenoxy) is 2. The lowest BCUT2D eigenvalue weighted by atomic mass is 10.0. The van der Waals surface area contributed by atoms with Crippen molar-refractivity contribution >= 4 is 5.91 Å². The Labute approximate surface area is 142 Å². The fourth-order valence-corrected chi connectivity index (χ4v) is 2.79. The molecule has 1 aliphatic heterocycles. The average Bonchev–Trinajstić information content (AvgIpc) is 3.03. The molecule has 4 heteroatoms. The number of nitrogens with one attached hydrogen (secondary N) is 1. The van der Waals surface area contributed by atoms with Crippen LogP contribution in [0.2, 0.25) is 0 Å². The number of hydrogen-bond acceptors (Lipinski definition) is 3. The third-order valence-electron chi connectivity index (χ3n) is 4.49. The minimum absolute atomic E-state index is 0.00792. The molecule has 1 N–H and O–H groups in total. The first-order valence-electron chi connectivity index (χ1n) is 8.28. The van der Waals surface area contributed by atoms with Crippen LogP contribution in [0.1, 0.15) is 41.6 Å². The normalized spacial score (nSPS) is 13.6. The number of carbonyl (C=O) groups is 1. The largest absolute Gasteiger partial charge is 0.454 e. The third kappa shape index (κ3) is 3.70. The summed E-state index contributed by atoms with van der Waals surface area (Å²) in [6.45, 7) is 6.47. The zero-order valence-electron chi connectivity index (χ0n) is 14.4. The van der Waals surface area contributed by atoms with Gasteiger partial charge in [-0.3, -0.25) is 4.79 Å². The van der Waals surface area contributed by atoms with Crippen molar-refractivity contribution in [2.75, 3.05) is 6.79 Å². The van der Waals surface area contributed by atoms with Gasteiger partial charge in [0.2, 0.25) is 12.7 Å². The molecule has 2 aromatic rings. The summed E-state index contributed by atoms with van der Waals surface area (Å²) in [7, 11) is 0. The number of benzene rings is 2. The highest BCUT2D eigenvalue weighted by Crippen LogP contribution is 2.32. The van der Waals surface area contributed by atoms with Crippen LogP contribution in [0, 0.1) is 13.8 Å². The Kier molecular flexibility index (Phi) is 4.74. The number of carbonyl (C=O) groups excluding carboxylic acids is 1. The van der Waals surface area contributed by atoms with E-state index >= 15 is 0 Å². The van der Waals surface area contributed by atoms with E-state index in [-0.39, 0.29) is 18.7 Å². The van der Waals surface area contributed by atoms with E-state index in [0.717, 1.165) is 22.6 Å². The number of fused-ring (bicyclic) bond motifs is 1. The van der Waals surface area contributed by atoms with Crippen LogP contribution in [-0.4, -0.2) is 12.7 Å². The predicted octanol–water partition coefficient (Wildman–Crippen LogP) is 3.84. The fraction of sp³-hybridized carbons (Fsp3) is 0.350. The van der Waals surface area contributed by atoms with Gasteiger partial charge in [0.05, 0.1) is 6.04 Å². The number of amides is 1. The van der Waals surface area contributed by atoms with E-state index in [1.54, 1.807) is 0 Å². The molecule has 1 heterocycles. The summed E-state index contributed by atoms with van der Waals surface area (Å²) in [6.07, 6.45) is 1.14. The minimum Gasteiger partial charge on any atom is -0.454 e. The Morgan fingerprint density at radius 2 is 1.88 bits per heavy atom. The molecule has 0 aliphatic carbocycles. The van der Waals surface area contributed by atoms with E-state index in [1.807, 2.05) is 25.1 Å². The van der Waals surface area contributed by atoms with Crippen molar-refractivity contribution < 1.29 is 14.3 Å². The molecule has 0 saturated carbocycles. The molecule has 0 aromatic heterocycles. The summed E-state index contributed by atoms with van der Waals surface area (Å²) in [5.74, 6) is 1.58. The highest BCUT2D eigenvalue weighted by Gasteiger charge is 2.14. The van der Waals surface area contributed by atoms with Crippen LogP contribution in [0.4, 0.5) is 0 Å². The molecular formula is C20H23NO3. The quantitative estimate of drug-likeness (QED) is 0.908. The van der Waals surface area contributed by atoms with Crippen molar-refractivity contribution in [2.24, 2.45) is 0 Å². The molecular weight excluding hydrogens is 302 g/mol. The van der Waals surface area contributed by atoms with E-state index < -0.39 is 0 Å². The first kappa shape index (κ1) is 16.4. The zero-order valence-corrected chi connectivity index (χ0v) is 14.4. The van der Waals surface area contributed by atoms with Gasteiger partial charge in [-0.2, -0.15) is 0 Å². The fourth-order valence-electron chi connectivity index (χ4n) is 2.79. The second kappa shape index (κ2) is 6.95. The van der Waals surface area contributed by atoms with E-state index in [2.05, 4.69) is 37.4 Å². The molecule has 1 unspecified atom stereocenters. The maximum absolute atomic E-state index is 12.2. The first-order chi connectivity index (χ1) is 11.5. The highest BCUT2D eigenvalue weighted by molar-refractivity contribution is 5.76. The van der Waals surface area contributed by atoms with Crippen LogP contribution in [0.3, 0.4) is 0 Å². The maximum Gasteiger partial charge on any atom is 0.231 e. The highest BCUT2D eigenvalue weighted by atomic mass is 16.7. The summed E-state index contributed by atoms with van der Waals surface area (Å²) in [5, 5.41) is 3.07. The van der Waals surface area contributed by atoms with Gasteiger partial charge in [-0.25, -0.2) is 0 Å². The molecule has 1 atom stereocenters. The number of rotatable bonds is 5. The summed E-state index contributed by atoms with van der Waals surface area (Å²) in [5.41, 5.74) is 4.72. The van der Waals surface area contributed by atoms with Crippen molar-refractivity contribution in [3.05, 3.63) is 58.7 Å². The smallest absolute Gasteiger partial charge is 0.231 e.